The van der Waals surface area contributed by atoms with E-state index in [-0.39, 0.29) is 5.91 Å². The molecule has 2 aliphatic carbocycles. The Balaban J connectivity index is 1.67. The first kappa shape index (κ1) is 12.5. The van der Waals surface area contributed by atoms with Gasteiger partial charge in [-0.15, -0.1) is 0 Å². The lowest BCUT2D eigenvalue weighted by Gasteiger charge is -2.27. The number of amides is 1. The summed E-state index contributed by atoms with van der Waals surface area (Å²) in [5.74, 6) is 2.73. The molecule has 104 valence electrons. The molecule has 0 saturated heterocycles. The second-order valence-electron chi connectivity index (χ2n) is 6.23. The molecule has 1 amide bonds. The fourth-order valence-corrected chi connectivity index (χ4v) is 3.94. The number of nitrogens with two attached hydrogens (primary N) is 1. The van der Waals surface area contributed by atoms with Gasteiger partial charge in [-0.3, -0.25) is 9.89 Å². The van der Waals surface area contributed by atoms with E-state index < -0.39 is 0 Å². The zero-order chi connectivity index (χ0) is 13.6. The van der Waals surface area contributed by atoms with Gasteiger partial charge >= 0.3 is 0 Å². The topological polar surface area (TPSA) is 75.0 Å². The molecular formula is C14H22N4O. The van der Waals surface area contributed by atoms with E-state index in [9.17, 15) is 4.79 Å². The molecule has 1 heterocycles. The van der Waals surface area contributed by atoms with E-state index in [4.69, 9.17) is 5.73 Å². The number of hydrogen-bond donors (Lipinski definition) is 2. The van der Waals surface area contributed by atoms with Crippen molar-refractivity contribution in [2.45, 2.75) is 32.6 Å². The van der Waals surface area contributed by atoms with Gasteiger partial charge in [-0.2, -0.15) is 5.10 Å². The third-order valence-electron chi connectivity index (χ3n) is 4.93. The minimum atomic E-state index is -0.00785. The second-order valence-corrected chi connectivity index (χ2v) is 6.23. The lowest BCUT2D eigenvalue weighted by Crippen LogP contribution is -2.34. The van der Waals surface area contributed by atoms with Crippen LogP contribution in [0.3, 0.4) is 0 Å². The van der Waals surface area contributed by atoms with Crippen LogP contribution in [0.1, 0.15) is 41.7 Å². The number of nitrogen functional groups attached to an aromatic ring is 1. The molecule has 1 aromatic rings. The van der Waals surface area contributed by atoms with Crippen molar-refractivity contribution in [3.63, 3.8) is 0 Å². The molecular weight excluding hydrogens is 240 g/mol. The van der Waals surface area contributed by atoms with Crippen LogP contribution in [0.2, 0.25) is 0 Å². The Hall–Kier alpha value is -1.52. The number of nitrogens with one attached hydrogen (secondary N) is 1. The molecule has 0 spiro atoms. The number of aromatic nitrogens is 2. The van der Waals surface area contributed by atoms with E-state index in [0.717, 1.165) is 24.1 Å². The Kier molecular flexibility index (Phi) is 2.99. The fourth-order valence-electron chi connectivity index (χ4n) is 3.94. The Morgan fingerprint density at radius 1 is 1.47 bits per heavy atom. The summed E-state index contributed by atoms with van der Waals surface area (Å²) in [5, 5.41) is 6.67. The SMILES string of the molecule is Cc1[nH]nc(N)c1C(=O)N(C)CC1CC2CCC1C2. The predicted molar refractivity (Wildman–Crippen MR) is 73.6 cm³/mol. The van der Waals surface area contributed by atoms with Crippen LogP contribution in [0.5, 0.6) is 0 Å². The van der Waals surface area contributed by atoms with E-state index in [1.54, 1.807) is 0 Å². The van der Waals surface area contributed by atoms with Crippen molar-refractivity contribution >= 4 is 11.7 Å². The quantitative estimate of drug-likeness (QED) is 0.872. The molecule has 3 unspecified atom stereocenters. The smallest absolute Gasteiger partial charge is 0.259 e. The monoisotopic (exact) mass is 262 g/mol. The van der Waals surface area contributed by atoms with Gasteiger partial charge in [0.2, 0.25) is 0 Å². The molecule has 5 heteroatoms. The molecule has 5 nitrogen and oxygen atoms in total. The molecule has 0 radical (unpaired) electrons. The highest BCUT2D eigenvalue weighted by atomic mass is 16.2. The van der Waals surface area contributed by atoms with Crippen molar-refractivity contribution in [1.29, 1.82) is 0 Å². The van der Waals surface area contributed by atoms with Crippen molar-refractivity contribution in [2.24, 2.45) is 17.8 Å². The second kappa shape index (κ2) is 4.54. The lowest BCUT2D eigenvalue weighted by atomic mass is 9.88. The molecule has 2 fully saturated rings. The number of aromatic amines is 1. The fraction of sp³-hybridized carbons (Fsp3) is 0.714. The van der Waals surface area contributed by atoms with Crippen molar-refractivity contribution in [1.82, 2.24) is 15.1 Å². The zero-order valence-electron chi connectivity index (χ0n) is 11.6. The summed E-state index contributed by atoms with van der Waals surface area (Å²) in [6.07, 6.45) is 5.42. The number of nitrogens with zero attached hydrogens (tertiary/aromatic N) is 2. The molecule has 3 atom stereocenters. The standard InChI is InChI=1S/C14H22N4O/c1-8-12(13(15)17-16-8)14(19)18(2)7-11-6-9-3-4-10(11)5-9/h9-11H,3-7H2,1-2H3,(H3,15,16,17). The molecule has 2 aliphatic rings. The van der Waals surface area contributed by atoms with Crippen LogP contribution in [-0.4, -0.2) is 34.6 Å². The van der Waals surface area contributed by atoms with Crippen LogP contribution >= 0.6 is 0 Å². The highest BCUT2D eigenvalue weighted by Crippen LogP contribution is 2.48. The molecule has 0 aromatic carbocycles. The molecule has 19 heavy (non-hydrogen) atoms. The molecule has 0 aliphatic heterocycles. The maximum atomic E-state index is 12.4. The highest BCUT2D eigenvalue weighted by Gasteiger charge is 2.40. The summed E-state index contributed by atoms with van der Waals surface area (Å²) >= 11 is 0. The van der Waals surface area contributed by atoms with Gasteiger partial charge in [-0.05, 0) is 43.9 Å². The summed E-state index contributed by atoms with van der Waals surface area (Å²) in [7, 11) is 1.88. The van der Waals surface area contributed by atoms with Crippen LogP contribution in [0.25, 0.3) is 0 Å². The van der Waals surface area contributed by atoms with Crippen molar-refractivity contribution in [3.8, 4) is 0 Å². The summed E-state index contributed by atoms with van der Waals surface area (Å²) in [5.41, 5.74) is 7.04. The largest absolute Gasteiger partial charge is 0.382 e. The molecule has 1 aromatic heterocycles. The molecule has 3 rings (SSSR count). The maximum Gasteiger partial charge on any atom is 0.259 e. The van der Waals surface area contributed by atoms with Crippen molar-refractivity contribution in [3.05, 3.63) is 11.3 Å². The van der Waals surface area contributed by atoms with Gasteiger partial charge in [0.1, 0.15) is 5.56 Å². The lowest BCUT2D eigenvalue weighted by molar-refractivity contribution is 0.0754. The van der Waals surface area contributed by atoms with Gasteiger partial charge < -0.3 is 10.6 Å². The van der Waals surface area contributed by atoms with Gasteiger partial charge in [0.05, 0.1) is 0 Å². The first-order valence-electron chi connectivity index (χ1n) is 7.12. The Morgan fingerprint density at radius 2 is 2.26 bits per heavy atom. The number of aryl methyl sites for hydroxylation is 1. The van der Waals surface area contributed by atoms with Crippen LogP contribution in [-0.2, 0) is 0 Å². The third kappa shape index (κ3) is 2.11. The van der Waals surface area contributed by atoms with E-state index >= 15 is 0 Å². The van der Waals surface area contributed by atoms with Crippen LogP contribution in [0, 0.1) is 24.7 Å². The summed E-state index contributed by atoms with van der Waals surface area (Å²) < 4.78 is 0. The molecule has 2 bridgehead atoms. The van der Waals surface area contributed by atoms with E-state index in [1.807, 2.05) is 18.9 Å². The van der Waals surface area contributed by atoms with E-state index in [2.05, 4.69) is 10.2 Å². The Bertz CT molecular complexity index is 476. The number of anilines is 1. The van der Waals surface area contributed by atoms with Crippen LogP contribution in [0.4, 0.5) is 5.82 Å². The molecule has 3 N–H and O–H groups in total. The third-order valence-corrected chi connectivity index (χ3v) is 4.93. The summed E-state index contributed by atoms with van der Waals surface area (Å²) in [6.45, 7) is 2.69. The van der Waals surface area contributed by atoms with Gasteiger partial charge in [0.25, 0.3) is 5.91 Å². The normalized spacial score (nSPS) is 28.8. The summed E-state index contributed by atoms with van der Waals surface area (Å²) in [6, 6.07) is 0. The summed E-state index contributed by atoms with van der Waals surface area (Å²) in [4.78, 5) is 14.2. The van der Waals surface area contributed by atoms with Crippen molar-refractivity contribution in [2.75, 3.05) is 19.3 Å². The zero-order valence-corrected chi connectivity index (χ0v) is 11.6. The first-order chi connectivity index (χ1) is 9.06. The molecule has 2 saturated carbocycles. The van der Waals surface area contributed by atoms with Crippen molar-refractivity contribution < 1.29 is 4.79 Å². The number of fused-ring (bicyclic) bond motifs is 2. The maximum absolute atomic E-state index is 12.4. The minimum absolute atomic E-state index is 0.00785. The Morgan fingerprint density at radius 3 is 2.79 bits per heavy atom. The number of H-pyrrole nitrogens is 1. The van der Waals surface area contributed by atoms with Gasteiger partial charge in [-0.1, -0.05) is 6.42 Å². The number of carbonyl (C=O) groups excluding carboxylic acids is 1. The Labute approximate surface area is 113 Å². The average molecular weight is 262 g/mol. The van der Waals surface area contributed by atoms with E-state index in [0.29, 0.717) is 17.3 Å². The van der Waals surface area contributed by atoms with Gasteiger partial charge in [0.15, 0.2) is 5.82 Å². The number of hydrogen-bond acceptors (Lipinski definition) is 3. The first-order valence-corrected chi connectivity index (χ1v) is 7.12. The van der Waals surface area contributed by atoms with Gasteiger partial charge in [-0.25, -0.2) is 0 Å². The van der Waals surface area contributed by atoms with E-state index in [1.165, 1.54) is 25.7 Å². The minimum Gasteiger partial charge on any atom is -0.382 e. The van der Waals surface area contributed by atoms with Gasteiger partial charge in [0, 0.05) is 19.3 Å². The predicted octanol–water partition coefficient (Wildman–Crippen LogP) is 1.81. The number of carbonyl (C=O) groups is 1. The van der Waals surface area contributed by atoms with Crippen LogP contribution < -0.4 is 5.73 Å². The average Bonchev–Trinajstić information content (AvgIpc) is 3.05. The van der Waals surface area contributed by atoms with Crippen LogP contribution in [0.15, 0.2) is 0 Å². The number of rotatable bonds is 3. The highest BCUT2D eigenvalue weighted by molar-refractivity contribution is 5.99.